The van der Waals surface area contributed by atoms with Crippen LogP contribution in [-0.2, 0) is 9.84 Å². The molecule has 1 aromatic heterocycles. The first-order valence-corrected chi connectivity index (χ1v) is 6.00. The van der Waals surface area contributed by atoms with Gasteiger partial charge in [0, 0.05) is 12.2 Å². The van der Waals surface area contributed by atoms with Gasteiger partial charge in [0.25, 0.3) is 0 Å². The molecule has 0 aromatic carbocycles. The largest absolute Gasteiger partial charge is 0.433 e. The first-order valence-electron chi connectivity index (χ1n) is 4.11. The third-order valence-corrected chi connectivity index (χ3v) is 2.74. The van der Waals surface area contributed by atoms with Crippen molar-refractivity contribution in [2.24, 2.45) is 0 Å². The molecule has 5 heteroatoms. The van der Waals surface area contributed by atoms with Crippen LogP contribution < -0.4 is 0 Å². The van der Waals surface area contributed by atoms with Crippen molar-refractivity contribution in [3.05, 3.63) is 12.0 Å². The SMILES string of the molecule is CCC(C)c1cnc(S(C)(=O)=O)o1. The summed E-state index contributed by atoms with van der Waals surface area (Å²) < 4.78 is 27.1. The number of nitrogens with zero attached hydrogens (tertiary/aromatic N) is 1. The highest BCUT2D eigenvalue weighted by Crippen LogP contribution is 2.20. The van der Waals surface area contributed by atoms with E-state index < -0.39 is 9.84 Å². The van der Waals surface area contributed by atoms with Crippen LogP contribution in [0.4, 0.5) is 0 Å². The Labute approximate surface area is 77.9 Å². The number of aromatic nitrogens is 1. The minimum atomic E-state index is -3.30. The Kier molecular flexibility index (Phi) is 2.75. The molecule has 1 atom stereocenters. The van der Waals surface area contributed by atoms with E-state index in [-0.39, 0.29) is 11.1 Å². The molecular formula is C8H13NO3S. The molecule has 0 aliphatic rings. The van der Waals surface area contributed by atoms with Crippen LogP contribution in [0.1, 0.15) is 31.9 Å². The minimum absolute atomic E-state index is 0.192. The monoisotopic (exact) mass is 203 g/mol. The van der Waals surface area contributed by atoms with E-state index in [1.165, 1.54) is 6.20 Å². The van der Waals surface area contributed by atoms with E-state index in [9.17, 15) is 8.42 Å². The molecule has 0 radical (unpaired) electrons. The Balaban J connectivity index is 3.00. The van der Waals surface area contributed by atoms with E-state index in [0.717, 1.165) is 12.7 Å². The number of sulfone groups is 1. The summed E-state index contributed by atoms with van der Waals surface area (Å²) in [5.41, 5.74) is 0. The molecule has 1 heterocycles. The van der Waals surface area contributed by atoms with Crippen molar-refractivity contribution < 1.29 is 12.8 Å². The summed E-state index contributed by atoms with van der Waals surface area (Å²) in [7, 11) is -3.30. The summed E-state index contributed by atoms with van der Waals surface area (Å²) in [6.07, 6.45) is 3.46. The van der Waals surface area contributed by atoms with Gasteiger partial charge in [-0.25, -0.2) is 13.4 Å². The predicted molar refractivity (Wildman–Crippen MR) is 48.3 cm³/mol. The van der Waals surface area contributed by atoms with Gasteiger partial charge in [0.05, 0.1) is 6.20 Å². The molecular weight excluding hydrogens is 190 g/mol. The van der Waals surface area contributed by atoms with Crippen molar-refractivity contribution in [2.45, 2.75) is 31.4 Å². The lowest BCUT2D eigenvalue weighted by Gasteiger charge is -2.01. The van der Waals surface area contributed by atoms with Crippen LogP contribution in [0.5, 0.6) is 0 Å². The maximum absolute atomic E-state index is 11.0. The molecule has 0 N–H and O–H groups in total. The summed E-state index contributed by atoms with van der Waals surface area (Å²) in [5.74, 6) is 0.839. The average molecular weight is 203 g/mol. The molecule has 0 spiro atoms. The quantitative estimate of drug-likeness (QED) is 0.748. The van der Waals surface area contributed by atoms with E-state index in [1.807, 2.05) is 13.8 Å². The zero-order valence-electron chi connectivity index (χ0n) is 7.94. The summed E-state index contributed by atoms with van der Waals surface area (Å²) in [5, 5.41) is -0.192. The molecule has 74 valence electrons. The normalized spacial score (nSPS) is 14.4. The Hall–Kier alpha value is -0.840. The molecule has 1 rings (SSSR count). The van der Waals surface area contributed by atoms with Crippen molar-refractivity contribution in [3.63, 3.8) is 0 Å². The molecule has 0 fully saturated rings. The second-order valence-corrected chi connectivity index (χ2v) is 5.00. The van der Waals surface area contributed by atoms with Gasteiger partial charge in [0.1, 0.15) is 5.76 Å². The molecule has 0 aliphatic heterocycles. The van der Waals surface area contributed by atoms with Crippen LogP contribution in [0.25, 0.3) is 0 Å². The maximum Gasteiger partial charge on any atom is 0.314 e. The Morgan fingerprint density at radius 1 is 1.62 bits per heavy atom. The Morgan fingerprint density at radius 3 is 2.62 bits per heavy atom. The van der Waals surface area contributed by atoms with Crippen molar-refractivity contribution in [2.75, 3.05) is 6.26 Å². The van der Waals surface area contributed by atoms with Gasteiger partial charge in [-0.15, -0.1) is 0 Å². The molecule has 1 aromatic rings. The van der Waals surface area contributed by atoms with Gasteiger partial charge in [0.15, 0.2) is 0 Å². The molecule has 1 unspecified atom stereocenters. The van der Waals surface area contributed by atoms with Crippen LogP contribution in [-0.4, -0.2) is 19.7 Å². The lowest BCUT2D eigenvalue weighted by molar-refractivity contribution is 0.380. The van der Waals surface area contributed by atoms with Crippen LogP contribution >= 0.6 is 0 Å². The molecule has 0 bridgehead atoms. The first-order chi connectivity index (χ1) is 5.95. The van der Waals surface area contributed by atoms with Gasteiger partial charge in [-0.1, -0.05) is 13.8 Å². The standard InChI is InChI=1S/C8H13NO3S/c1-4-6(2)7-5-9-8(12-7)13(3,10)11/h5-6H,4H2,1-3H3. The highest BCUT2D eigenvalue weighted by atomic mass is 32.2. The summed E-state index contributed by atoms with van der Waals surface area (Å²) in [4.78, 5) is 3.70. The molecule has 4 nitrogen and oxygen atoms in total. The lowest BCUT2D eigenvalue weighted by Crippen LogP contribution is -1.96. The van der Waals surface area contributed by atoms with Crippen LogP contribution in [0, 0.1) is 0 Å². The zero-order valence-corrected chi connectivity index (χ0v) is 8.76. The van der Waals surface area contributed by atoms with Crippen molar-refractivity contribution >= 4 is 9.84 Å². The molecule has 0 saturated heterocycles. The minimum Gasteiger partial charge on any atom is -0.433 e. The molecule has 0 saturated carbocycles. The number of hydrogen-bond donors (Lipinski definition) is 0. The fraction of sp³-hybridized carbons (Fsp3) is 0.625. The smallest absolute Gasteiger partial charge is 0.314 e. The summed E-state index contributed by atoms with van der Waals surface area (Å²) in [6, 6.07) is 0. The first kappa shape index (κ1) is 10.2. The van der Waals surface area contributed by atoms with Gasteiger partial charge in [-0.3, -0.25) is 0 Å². The van der Waals surface area contributed by atoms with E-state index in [2.05, 4.69) is 4.98 Å². The molecule has 0 amide bonds. The van der Waals surface area contributed by atoms with Crippen LogP contribution in [0.15, 0.2) is 15.8 Å². The number of oxazole rings is 1. The Bertz CT molecular complexity index is 380. The predicted octanol–water partition coefficient (Wildman–Crippen LogP) is 1.59. The van der Waals surface area contributed by atoms with E-state index >= 15 is 0 Å². The van der Waals surface area contributed by atoms with Gasteiger partial charge >= 0.3 is 5.22 Å². The maximum atomic E-state index is 11.0. The topological polar surface area (TPSA) is 60.2 Å². The lowest BCUT2D eigenvalue weighted by atomic mass is 10.1. The van der Waals surface area contributed by atoms with Gasteiger partial charge < -0.3 is 4.42 Å². The van der Waals surface area contributed by atoms with Gasteiger partial charge in [-0.05, 0) is 6.42 Å². The van der Waals surface area contributed by atoms with E-state index in [4.69, 9.17) is 4.42 Å². The fourth-order valence-electron chi connectivity index (χ4n) is 0.870. The zero-order chi connectivity index (χ0) is 10.1. The highest BCUT2D eigenvalue weighted by molar-refractivity contribution is 7.90. The van der Waals surface area contributed by atoms with Gasteiger partial charge in [0.2, 0.25) is 9.84 Å². The van der Waals surface area contributed by atoms with Crippen LogP contribution in [0.3, 0.4) is 0 Å². The van der Waals surface area contributed by atoms with Crippen molar-refractivity contribution in [3.8, 4) is 0 Å². The van der Waals surface area contributed by atoms with Crippen molar-refractivity contribution in [1.82, 2.24) is 4.98 Å². The van der Waals surface area contributed by atoms with E-state index in [0.29, 0.717) is 5.76 Å². The summed E-state index contributed by atoms with van der Waals surface area (Å²) in [6.45, 7) is 3.97. The molecule has 0 aliphatic carbocycles. The fourth-order valence-corrected chi connectivity index (χ4v) is 1.36. The van der Waals surface area contributed by atoms with E-state index in [1.54, 1.807) is 0 Å². The van der Waals surface area contributed by atoms with Crippen molar-refractivity contribution in [1.29, 1.82) is 0 Å². The Morgan fingerprint density at radius 2 is 2.23 bits per heavy atom. The highest BCUT2D eigenvalue weighted by Gasteiger charge is 2.16. The van der Waals surface area contributed by atoms with Crippen LogP contribution in [0.2, 0.25) is 0 Å². The average Bonchev–Trinajstić information content (AvgIpc) is 2.50. The second kappa shape index (κ2) is 3.49. The second-order valence-electron chi connectivity index (χ2n) is 3.11. The number of rotatable bonds is 3. The summed E-state index contributed by atoms with van der Waals surface area (Å²) >= 11 is 0. The number of hydrogen-bond acceptors (Lipinski definition) is 4. The van der Waals surface area contributed by atoms with Gasteiger partial charge in [-0.2, -0.15) is 0 Å². The molecule has 13 heavy (non-hydrogen) atoms. The third kappa shape index (κ3) is 2.30. The third-order valence-electron chi connectivity index (χ3n) is 1.92.